The van der Waals surface area contributed by atoms with Gasteiger partial charge < -0.3 is 15.4 Å². The van der Waals surface area contributed by atoms with E-state index >= 15 is 0 Å². The Morgan fingerprint density at radius 1 is 1.17 bits per heavy atom. The molecule has 1 aromatic heterocycles. The third-order valence-electron chi connectivity index (χ3n) is 3.22. The van der Waals surface area contributed by atoms with Gasteiger partial charge in [0.15, 0.2) is 5.69 Å². The normalized spacial score (nSPS) is 10.4. The van der Waals surface area contributed by atoms with Gasteiger partial charge in [-0.15, -0.1) is 10.2 Å². The van der Waals surface area contributed by atoms with E-state index in [1.807, 2.05) is 38.1 Å². The van der Waals surface area contributed by atoms with Crippen molar-refractivity contribution in [3.8, 4) is 5.75 Å². The van der Waals surface area contributed by atoms with Gasteiger partial charge in [-0.2, -0.15) is 0 Å². The summed E-state index contributed by atoms with van der Waals surface area (Å²) < 4.78 is 5.30. The van der Waals surface area contributed by atoms with Gasteiger partial charge in [-0.1, -0.05) is 32.0 Å². The number of carbonyl (C=O) groups excluding carboxylic acids is 1. The molecule has 1 aromatic carbocycles. The van der Waals surface area contributed by atoms with Crippen LogP contribution in [0.1, 0.15) is 29.9 Å². The number of ether oxygens (including phenoxy) is 1. The highest BCUT2D eigenvalue weighted by Crippen LogP contribution is 2.18. The number of nitrogens with zero attached hydrogens (tertiary/aromatic N) is 2. The monoisotopic (exact) mass is 314 g/mol. The molecule has 1 heterocycles. The number of hydrogen-bond donors (Lipinski definition) is 2. The summed E-state index contributed by atoms with van der Waals surface area (Å²) >= 11 is 0. The van der Waals surface area contributed by atoms with Gasteiger partial charge >= 0.3 is 0 Å². The number of anilines is 1. The molecule has 2 aromatic rings. The Bertz CT molecular complexity index is 641. The number of nitrogens with one attached hydrogen (secondary N) is 2. The lowest BCUT2D eigenvalue weighted by atomic mass is 10.2. The second kappa shape index (κ2) is 8.12. The molecule has 122 valence electrons. The van der Waals surface area contributed by atoms with E-state index in [0.29, 0.717) is 30.5 Å². The molecule has 0 fully saturated rings. The summed E-state index contributed by atoms with van der Waals surface area (Å²) in [6, 6.07) is 11.2. The molecule has 6 heteroatoms. The molecule has 0 aliphatic rings. The first-order valence-corrected chi connectivity index (χ1v) is 7.58. The van der Waals surface area contributed by atoms with Crippen molar-refractivity contribution in [3.63, 3.8) is 0 Å². The van der Waals surface area contributed by atoms with Gasteiger partial charge in [-0.05, 0) is 24.1 Å². The number of para-hydroxylation sites is 1. The maximum atomic E-state index is 11.9. The van der Waals surface area contributed by atoms with Crippen molar-refractivity contribution >= 4 is 11.7 Å². The molecule has 0 aliphatic heterocycles. The number of carbonyl (C=O) groups is 1. The van der Waals surface area contributed by atoms with Gasteiger partial charge in [0.25, 0.3) is 5.91 Å². The van der Waals surface area contributed by atoms with Gasteiger partial charge in [0, 0.05) is 18.7 Å². The average Bonchev–Trinajstić information content (AvgIpc) is 2.58. The quantitative estimate of drug-likeness (QED) is 0.821. The topological polar surface area (TPSA) is 76.1 Å². The molecule has 0 radical (unpaired) electrons. The smallest absolute Gasteiger partial charge is 0.271 e. The zero-order valence-corrected chi connectivity index (χ0v) is 13.7. The molecule has 1 amide bonds. The molecule has 0 unspecified atom stereocenters. The van der Waals surface area contributed by atoms with E-state index in [9.17, 15) is 4.79 Å². The van der Waals surface area contributed by atoms with Crippen LogP contribution in [-0.2, 0) is 6.54 Å². The number of hydrogen-bond acceptors (Lipinski definition) is 5. The van der Waals surface area contributed by atoms with Crippen molar-refractivity contribution in [2.45, 2.75) is 20.4 Å². The Kier molecular flexibility index (Phi) is 5.91. The van der Waals surface area contributed by atoms with E-state index in [4.69, 9.17) is 4.74 Å². The molecule has 6 nitrogen and oxygen atoms in total. The number of methoxy groups -OCH3 is 1. The van der Waals surface area contributed by atoms with Crippen LogP contribution in [0.2, 0.25) is 0 Å². The first-order chi connectivity index (χ1) is 11.1. The number of benzene rings is 1. The summed E-state index contributed by atoms with van der Waals surface area (Å²) in [5, 5.41) is 14.0. The van der Waals surface area contributed by atoms with E-state index in [1.54, 1.807) is 19.2 Å². The standard InChI is InChI=1S/C17H22N4O2/c1-12(2)10-19-17(22)14-8-9-16(21-20-14)18-11-13-6-4-5-7-15(13)23-3/h4-9,12H,10-11H2,1-3H3,(H,18,21)(H,19,22). The minimum absolute atomic E-state index is 0.206. The summed E-state index contributed by atoms with van der Waals surface area (Å²) in [5.41, 5.74) is 1.34. The summed E-state index contributed by atoms with van der Waals surface area (Å²) in [4.78, 5) is 11.9. The molecule has 0 bridgehead atoms. The van der Waals surface area contributed by atoms with Crippen LogP contribution >= 0.6 is 0 Å². The molecular formula is C17H22N4O2. The van der Waals surface area contributed by atoms with Gasteiger partial charge in [0.1, 0.15) is 11.6 Å². The molecular weight excluding hydrogens is 292 g/mol. The van der Waals surface area contributed by atoms with Gasteiger partial charge in [-0.3, -0.25) is 4.79 Å². The molecule has 0 saturated carbocycles. The summed E-state index contributed by atoms with van der Waals surface area (Å²) in [5.74, 6) is 1.62. The highest BCUT2D eigenvalue weighted by atomic mass is 16.5. The van der Waals surface area contributed by atoms with Crippen LogP contribution in [0.25, 0.3) is 0 Å². The van der Waals surface area contributed by atoms with Crippen molar-refractivity contribution < 1.29 is 9.53 Å². The van der Waals surface area contributed by atoms with Gasteiger partial charge in [0.2, 0.25) is 0 Å². The Morgan fingerprint density at radius 2 is 1.96 bits per heavy atom. The SMILES string of the molecule is COc1ccccc1CNc1ccc(C(=O)NCC(C)C)nn1. The minimum Gasteiger partial charge on any atom is -0.496 e. The maximum absolute atomic E-state index is 11.9. The molecule has 0 spiro atoms. The van der Waals surface area contributed by atoms with Crippen LogP contribution in [0.15, 0.2) is 36.4 Å². The van der Waals surface area contributed by atoms with Crippen LogP contribution in [0.5, 0.6) is 5.75 Å². The van der Waals surface area contributed by atoms with Crippen LogP contribution in [0.3, 0.4) is 0 Å². The summed E-state index contributed by atoms with van der Waals surface area (Å²) in [7, 11) is 1.64. The zero-order valence-electron chi connectivity index (χ0n) is 13.7. The van der Waals surface area contributed by atoms with Crippen molar-refractivity contribution in [2.75, 3.05) is 19.0 Å². The highest BCUT2D eigenvalue weighted by molar-refractivity contribution is 5.92. The molecule has 0 aliphatic carbocycles. The fourth-order valence-corrected chi connectivity index (χ4v) is 1.97. The van der Waals surface area contributed by atoms with Crippen molar-refractivity contribution in [1.82, 2.24) is 15.5 Å². The first-order valence-electron chi connectivity index (χ1n) is 7.58. The highest BCUT2D eigenvalue weighted by Gasteiger charge is 2.08. The fraction of sp³-hybridized carbons (Fsp3) is 0.353. The van der Waals surface area contributed by atoms with E-state index in [-0.39, 0.29) is 5.91 Å². The maximum Gasteiger partial charge on any atom is 0.271 e. The van der Waals surface area contributed by atoms with Crippen molar-refractivity contribution in [2.24, 2.45) is 5.92 Å². The molecule has 23 heavy (non-hydrogen) atoms. The van der Waals surface area contributed by atoms with Crippen LogP contribution in [-0.4, -0.2) is 29.8 Å². The summed E-state index contributed by atoms with van der Waals surface area (Å²) in [6.07, 6.45) is 0. The molecule has 0 atom stereocenters. The molecule has 2 N–H and O–H groups in total. The van der Waals surface area contributed by atoms with Crippen LogP contribution < -0.4 is 15.4 Å². The zero-order chi connectivity index (χ0) is 16.7. The molecule has 2 rings (SSSR count). The van der Waals surface area contributed by atoms with E-state index in [1.165, 1.54) is 0 Å². The largest absolute Gasteiger partial charge is 0.496 e. The lowest BCUT2D eigenvalue weighted by Gasteiger charge is -2.10. The van der Waals surface area contributed by atoms with Crippen molar-refractivity contribution in [1.29, 1.82) is 0 Å². The van der Waals surface area contributed by atoms with Crippen LogP contribution in [0, 0.1) is 5.92 Å². The van der Waals surface area contributed by atoms with Gasteiger partial charge in [0.05, 0.1) is 7.11 Å². The fourth-order valence-electron chi connectivity index (χ4n) is 1.97. The van der Waals surface area contributed by atoms with Gasteiger partial charge in [-0.25, -0.2) is 0 Å². The Balaban J connectivity index is 1.93. The van der Waals surface area contributed by atoms with E-state index < -0.39 is 0 Å². The Hall–Kier alpha value is -2.63. The predicted molar refractivity (Wildman–Crippen MR) is 89.5 cm³/mol. The third kappa shape index (κ3) is 4.95. The number of rotatable bonds is 7. The summed E-state index contributed by atoms with van der Waals surface area (Å²) in [6.45, 7) is 5.26. The Morgan fingerprint density at radius 3 is 2.61 bits per heavy atom. The average molecular weight is 314 g/mol. The molecule has 0 saturated heterocycles. The second-order valence-corrected chi connectivity index (χ2v) is 5.57. The number of aromatic nitrogens is 2. The lowest BCUT2D eigenvalue weighted by Crippen LogP contribution is -2.28. The van der Waals surface area contributed by atoms with Crippen molar-refractivity contribution in [3.05, 3.63) is 47.7 Å². The minimum atomic E-state index is -0.206. The predicted octanol–water partition coefficient (Wildman–Crippen LogP) is 2.48. The number of amides is 1. The lowest BCUT2D eigenvalue weighted by molar-refractivity contribution is 0.0943. The van der Waals surface area contributed by atoms with E-state index in [2.05, 4.69) is 20.8 Å². The van der Waals surface area contributed by atoms with E-state index in [0.717, 1.165) is 11.3 Å². The third-order valence-corrected chi connectivity index (χ3v) is 3.22. The first kappa shape index (κ1) is 16.7. The second-order valence-electron chi connectivity index (χ2n) is 5.57. The Labute approximate surface area is 136 Å². The van der Waals surface area contributed by atoms with Crippen LogP contribution in [0.4, 0.5) is 5.82 Å².